The standard InChI is InChI=1S/C13H26N2O/c1-9(2)13(16)8-14-10-6-11-4-5-12(7-10)15(11)3/h9-14,16H,4-8H2,1-3H3. The van der Waals surface area contributed by atoms with E-state index in [1.807, 2.05) is 0 Å². The molecule has 0 aliphatic carbocycles. The van der Waals surface area contributed by atoms with E-state index >= 15 is 0 Å². The fourth-order valence-corrected chi connectivity index (χ4v) is 3.10. The Kier molecular flexibility index (Phi) is 3.88. The molecule has 0 saturated carbocycles. The summed E-state index contributed by atoms with van der Waals surface area (Å²) in [5, 5.41) is 13.3. The number of hydrogen-bond donors (Lipinski definition) is 2. The second kappa shape index (κ2) is 5.03. The van der Waals surface area contributed by atoms with Crippen molar-refractivity contribution >= 4 is 0 Å². The van der Waals surface area contributed by atoms with Gasteiger partial charge in [-0.3, -0.25) is 0 Å². The van der Waals surface area contributed by atoms with E-state index in [1.54, 1.807) is 0 Å². The number of aliphatic hydroxyl groups is 1. The zero-order valence-electron chi connectivity index (χ0n) is 10.8. The molecule has 0 radical (unpaired) electrons. The first-order valence-electron chi connectivity index (χ1n) is 6.71. The highest BCUT2D eigenvalue weighted by molar-refractivity contribution is 4.96. The van der Waals surface area contributed by atoms with Gasteiger partial charge in [0.1, 0.15) is 0 Å². The molecule has 2 aliphatic heterocycles. The van der Waals surface area contributed by atoms with Gasteiger partial charge in [0.15, 0.2) is 0 Å². The van der Waals surface area contributed by atoms with Crippen molar-refractivity contribution in [1.29, 1.82) is 0 Å². The highest BCUT2D eigenvalue weighted by atomic mass is 16.3. The summed E-state index contributed by atoms with van der Waals surface area (Å²) in [4.78, 5) is 2.55. The predicted octanol–water partition coefficient (Wildman–Crippen LogP) is 1.22. The first-order chi connectivity index (χ1) is 7.58. The second-order valence-corrected chi connectivity index (χ2v) is 5.94. The van der Waals surface area contributed by atoms with Crippen molar-refractivity contribution in [2.75, 3.05) is 13.6 Å². The molecule has 2 heterocycles. The summed E-state index contributed by atoms with van der Waals surface area (Å²) >= 11 is 0. The topological polar surface area (TPSA) is 35.5 Å². The number of nitrogens with one attached hydrogen (secondary N) is 1. The van der Waals surface area contributed by atoms with Crippen LogP contribution in [0.3, 0.4) is 0 Å². The lowest BCUT2D eigenvalue weighted by Gasteiger charge is -2.37. The number of hydrogen-bond acceptors (Lipinski definition) is 3. The lowest BCUT2D eigenvalue weighted by molar-refractivity contribution is 0.103. The molecule has 16 heavy (non-hydrogen) atoms. The van der Waals surface area contributed by atoms with Gasteiger partial charge >= 0.3 is 0 Å². The third-order valence-corrected chi connectivity index (χ3v) is 4.48. The van der Waals surface area contributed by atoms with E-state index in [4.69, 9.17) is 0 Å². The van der Waals surface area contributed by atoms with Crippen LogP contribution in [0.2, 0.25) is 0 Å². The Labute approximate surface area is 99.2 Å². The lowest BCUT2D eigenvalue weighted by atomic mass is 9.97. The summed E-state index contributed by atoms with van der Waals surface area (Å²) in [6.45, 7) is 4.90. The van der Waals surface area contributed by atoms with Gasteiger partial charge < -0.3 is 15.3 Å². The molecule has 0 aromatic carbocycles. The van der Waals surface area contributed by atoms with Gasteiger partial charge in [0.25, 0.3) is 0 Å². The second-order valence-electron chi connectivity index (χ2n) is 5.94. The summed E-state index contributed by atoms with van der Waals surface area (Å²) < 4.78 is 0. The molecular formula is C13H26N2O. The predicted molar refractivity (Wildman–Crippen MR) is 66.4 cm³/mol. The fraction of sp³-hybridized carbons (Fsp3) is 1.00. The Bertz CT molecular complexity index is 218. The zero-order valence-corrected chi connectivity index (χ0v) is 10.8. The van der Waals surface area contributed by atoms with Gasteiger partial charge in [-0.05, 0) is 38.6 Å². The van der Waals surface area contributed by atoms with Crippen LogP contribution in [0.4, 0.5) is 0 Å². The van der Waals surface area contributed by atoms with E-state index in [-0.39, 0.29) is 6.10 Å². The maximum Gasteiger partial charge on any atom is 0.0687 e. The average Bonchev–Trinajstić information content (AvgIpc) is 2.51. The minimum Gasteiger partial charge on any atom is -0.392 e. The first kappa shape index (κ1) is 12.3. The summed E-state index contributed by atoms with van der Waals surface area (Å²) in [5.74, 6) is 0.357. The van der Waals surface area contributed by atoms with Crippen LogP contribution in [0.25, 0.3) is 0 Å². The Morgan fingerprint density at radius 2 is 1.81 bits per heavy atom. The summed E-state index contributed by atoms with van der Waals surface area (Å²) in [7, 11) is 2.27. The fourth-order valence-electron chi connectivity index (χ4n) is 3.10. The van der Waals surface area contributed by atoms with Crippen LogP contribution < -0.4 is 5.32 Å². The number of rotatable bonds is 4. The monoisotopic (exact) mass is 226 g/mol. The molecule has 0 aromatic rings. The molecule has 2 bridgehead atoms. The summed E-state index contributed by atoms with van der Waals surface area (Å²) in [6.07, 6.45) is 5.06. The third-order valence-electron chi connectivity index (χ3n) is 4.48. The van der Waals surface area contributed by atoms with Crippen LogP contribution in [-0.2, 0) is 0 Å². The molecule has 2 aliphatic rings. The summed E-state index contributed by atoms with van der Waals surface area (Å²) in [5.41, 5.74) is 0. The molecule has 3 atom stereocenters. The molecule has 94 valence electrons. The van der Waals surface area contributed by atoms with Crippen LogP contribution in [-0.4, -0.2) is 47.8 Å². The quantitative estimate of drug-likeness (QED) is 0.756. The number of piperidine rings is 1. The van der Waals surface area contributed by atoms with Gasteiger partial charge in [-0.2, -0.15) is 0 Å². The molecule has 0 spiro atoms. The van der Waals surface area contributed by atoms with E-state index in [1.165, 1.54) is 25.7 Å². The first-order valence-corrected chi connectivity index (χ1v) is 6.71. The van der Waals surface area contributed by atoms with Gasteiger partial charge in [-0.25, -0.2) is 0 Å². The van der Waals surface area contributed by atoms with Gasteiger partial charge in [-0.1, -0.05) is 13.8 Å². The molecule has 2 rings (SSSR count). The molecule has 2 fully saturated rings. The van der Waals surface area contributed by atoms with Crippen molar-refractivity contribution in [2.24, 2.45) is 5.92 Å². The highest BCUT2D eigenvalue weighted by Crippen LogP contribution is 2.34. The van der Waals surface area contributed by atoms with E-state index in [9.17, 15) is 5.11 Å². The maximum absolute atomic E-state index is 9.78. The van der Waals surface area contributed by atoms with Crippen molar-refractivity contribution in [2.45, 2.75) is 63.8 Å². The molecule has 2 N–H and O–H groups in total. The molecule has 2 saturated heterocycles. The number of nitrogens with zero attached hydrogens (tertiary/aromatic N) is 1. The Balaban J connectivity index is 1.76. The molecule has 0 amide bonds. The average molecular weight is 226 g/mol. The van der Waals surface area contributed by atoms with Crippen LogP contribution in [0.15, 0.2) is 0 Å². The smallest absolute Gasteiger partial charge is 0.0687 e. The van der Waals surface area contributed by atoms with Gasteiger partial charge in [0.05, 0.1) is 6.10 Å². The molecule has 3 nitrogen and oxygen atoms in total. The van der Waals surface area contributed by atoms with E-state index in [0.717, 1.165) is 18.6 Å². The lowest BCUT2D eigenvalue weighted by Crippen LogP contribution is -2.49. The van der Waals surface area contributed by atoms with Crippen LogP contribution in [0, 0.1) is 5.92 Å². The Hall–Kier alpha value is -0.120. The molecule has 3 unspecified atom stereocenters. The SMILES string of the molecule is CC(C)C(O)CNC1CC2CCC(C1)N2C. The maximum atomic E-state index is 9.78. The van der Waals surface area contributed by atoms with Gasteiger partial charge in [0.2, 0.25) is 0 Å². The zero-order chi connectivity index (χ0) is 11.7. The number of fused-ring (bicyclic) bond motifs is 2. The molecular weight excluding hydrogens is 200 g/mol. The summed E-state index contributed by atoms with van der Waals surface area (Å²) in [6, 6.07) is 2.20. The Morgan fingerprint density at radius 3 is 2.31 bits per heavy atom. The van der Waals surface area contributed by atoms with Crippen LogP contribution in [0.5, 0.6) is 0 Å². The van der Waals surface area contributed by atoms with E-state index < -0.39 is 0 Å². The minimum absolute atomic E-state index is 0.197. The third kappa shape index (κ3) is 2.58. The van der Waals surface area contributed by atoms with Gasteiger partial charge in [-0.15, -0.1) is 0 Å². The van der Waals surface area contributed by atoms with Gasteiger partial charge in [0, 0.05) is 24.7 Å². The van der Waals surface area contributed by atoms with Crippen LogP contribution in [0.1, 0.15) is 39.5 Å². The normalized spacial score (nSPS) is 36.9. The van der Waals surface area contributed by atoms with Crippen molar-refractivity contribution in [3.63, 3.8) is 0 Å². The van der Waals surface area contributed by atoms with Crippen molar-refractivity contribution in [1.82, 2.24) is 10.2 Å². The van der Waals surface area contributed by atoms with Crippen molar-refractivity contribution < 1.29 is 5.11 Å². The van der Waals surface area contributed by atoms with Crippen molar-refractivity contribution in [3.05, 3.63) is 0 Å². The molecule has 3 heteroatoms. The van der Waals surface area contributed by atoms with Crippen molar-refractivity contribution in [3.8, 4) is 0 Å². The highest BCUT2D eigenvalue weighted by Gasteiger charge is 2.38. The van der Waals surface area contributed by atoms with Crippen LogP contribution >= 0.6 is 0 Å². The van der Waals surface area contributed by atoms with E-state index in [0.29, 0.717) is 12.0 Å². The Morgan fingerprint density at radius 1 is 1.25 bits per heavy atom. The largest absolute Gasteiger partial charge is 0.392 e. The molecule has 0 aromatic heterocycles. The number of aliphatic hydroxyl groups excluding tert-OH is 1. The van der Waals surface area contributed by atoms with E-state index in [2.05, 4.69) is 31.1 Å². The minimum atomic E-state index is -0.197.